The zero-order valence-corrected chi connectivity index (χ0v) is 15.6. The fraction of sp³-hybridized carbons (Fsp3) is 0.500. The molecule has 1 aromatic carbocycles. The first kappa shape index (κ1) is 19.7. The van der Waals surface area contributed by atoms with E-state index in [4.69, 9.17) is 5.73 Å². The molecule has 1 saturated carbocycles. The molecule has 1 aliphatic carbocycles. The number of hydrogen-bond acceptors (Lipinski definition) is 5. The summed E-state index contributed by atoms with van der Waals surface area (Å²) >= 11 is 0. The molecule has 7 nitrogen and oxygen atoms in total. The molecular formula is C16H23ClN4O3S. The second kappa shape index (κ2) is 7.72. The van der Waals surface area contributed by atoms with E-state index in [0.29, 0.717) is 11.4 Å². The molecule has 0 aromatic heterocycles. The lowest BCUT2D eigenvalue weighted by Crippen LogP contribution is -2.45. The number of rotatable bonds is 3. The van der Waals surface area contributed by atoms with Crippen molar-refractivity contribution >= 4 is 34.2 Å². The van der Waals surface area contributed by atoms with Gasteiger partial charge in [0.15, 0.2) is 5.84 Å². The van der Waals surface area contributed by atoms with Crippen molar-refractivity contribution in [3.63, 3.8) is 0 Å². The molecule has 2 aliphatic rings. The third-order valence-electron chi connectivity index (χ3n) is 4.49. The Balaban J connectivity index is 0.00000225. The minimum Gasteiger partial charge on any atom is -0.352 e. The van der Waals surface area contributed by atoms with Crippen LogP contribution in [0.15, 0.2) is 33.6 Å². The largest absolute Gasteiger partial charge is 0.352 e. The van der Waals surface area contributed by atoms with Gasteiger partial charge in [-0.15, -0.1) is 16.8 Å². The van der Waals surface area contributed by atoms with E-state index < -0.39 is 10.0 Å². The van der Waals surface area contributed by atoms with Crippen LogP contribution in [0.1, 0.15) is 31.2 Å². The highest BCUT2D eigenvalue weighted by molar-refractivity contribution is 7.90. The third-order valence-corrected chi connectivity index (χ3v) is 5.82. The van der Waals surface area contributed by atoms with E-state index in [9.17, 15) is 13.2 Å². The number of nitrogens with zero attached hydrogens (tertiary/aromatic N) is 2. The normalized spacial score (nSPS) is 23.8. The molecule has 0 radical (unpaired) electrons. The van der Waals surface area contributed by atoms with Crippen LogP contribution in [0.4, 0.5) is 0 Å². The number of likely N-dealkylation sites (N-methyl/N-ethyl adjacent to an activating group) is 1. The molecule has 1 heterocycles. The second-order valence-electron chi connectivity index (χ2n) is 6.42. The van der Waals surface area contributed by atoms with E-state index >= 15 is 0 Å². The van der Waals surface area contributed by atoms with Crippen LogP contribution >= 0.6 is 12.4 Å². The van der Waals surface area contributed by atoms with Gasteiger partial charge in [-0.1, -0.05) is 12.1 Å². The first-order valence-electron chi connectivity index (χ1n) is 8.07. The number of nitrogens with two attached hydrogens (primary N) is 1. The molecule has 25 heavy (non-hydrogen) atoms. The molecule has 0 unspecified atom stereocenters. The van der Waals surface area contributed by atoms with Crippen molar-refractivity contribution in [3.05, 3.63) is 29.8 Å². The number of benzene rings is 1. The van der Waals surface area contributed by atoms with E-state index in [0.717, 1.165) is 25.7 Å². The number of carbonyl (C=O) groups excluding carboxylic acids is 1. The van der Waals surface area contributed by atoms with Crippen LogP contribution in [-0.2, 0) is 14.8 Å². The van der Waals surface area contributed by atoms with Crippen molar-refractivity contribution in [2.45, 2.75) is 42.7 Å². The van der Waals surface area contributed by atoms with Crippen molar-refractivity contribution in [2.75, 3.05) is 13.6 Å². The number of nitrogens with one attached hydrogen (secondary N) is 1. The standard InChI is InChI=1S/C16H22N4O3S.ClH/c1-20(10-15(21)18-12-8-6-11(17)7-9-12)16-13-4-2-3-5-14(13)24(22,23)19-16;/h2-5,11-12H,6-10,17H2,1H3,(H,18,21);1H. The minimum absolute atomic E-state index is 0. The molecular weight excluding hydrogens is 364 g/mol. The van der Waals surface area contributed by atoms with Crippen molar-refractivity contribution in [1.82, 2.24) is 10.2 Å². The van der Waals surface area contributed by atoms with Gasteiger partial charge in [0.2, 0.25) is 5.91 Å². The van der Waals surface area contributed by atoms with Crippen LogP contribution in [0.3, 0.4) is 0 Å². The molecule has 0 atom stereocenters. The molecule has 0 bridgehead atoms. The number of amides is 1. The summed E-state index contributed by atoms with van der Waals surface area (Å²) in [4.78, 5) is 14.0. The zero-order valence-electron chi connectivity index (χ0n) is 14.0. The van der Waals surface area contributed by atoms with Crippen LogP contribution in [0.5, 0.6) is 0 Å². The van der Waals surface area contributed by atoms with Crippen LogP contribution in [0.2, 0.25) is 0 Å². The SMILES string of the molecule is CN(CC(=O)NC1CCC(N)CC1)C1=NS(=O)(=O)c2ccccc21.Cl. The second-order valence-corrected chi connectivity index (χ2v) is 7.99. The van der Waals surface area contributed by atoms with Gasteiger partial charge in [0.1, 0.15) is 4.90 Å². The summed E-state index contributed by atoms with van der Waals surface area (Å²) in [6.45, 7) is 0.0608. The van der Waals surface area contributed by atoms with Crippen molar-refractivity contribution < 1.29 is 13.2 Å². The van der Waals surface area contributed by atoms with Crippen LogP contribution < -0.4 is 11.1 Å². The molecule has 3 rings (SSSR count). The van der Waals surface area contributed by atoms with Gasteiger partial charge in [0, 0.05) is 24.7 Å². The zero-order chi connectivity index (χ0) is 17.3. The third kappa shape index (κ3) is 4.31. The Morgan fingerprint density at radius 2 is 1.92 bits per heavy atom. The summed E-state index contributed by atoms with van der Waals surface area (Å²) in [6.07, 6.45) is 3.60. The number of carbonyl (C=O) groups is 1. The van der Waals surface area contributed by atoms with Gasteiger partial charge < -0.3 is 16.0 Å². The Hall–Kier alpha value is -1.64. The Morgan fingerprint density at radius 3 is 2.60 bits per heavy atom. The number of hydrogen-bond donors (Lipinski definition) is 2. The average Bonchev–Trinajstić information content (AvgIpc) is 2.82. The maximum absolute atomic E-state index is 12.2. The molecule has 3 N–H and O–H groups in total. The molecule has 1 aromatic rings. The lowest BCUT2D eigenvalue weighted by atomic mass is 9.92. The topological polar surface area (TPSA) is 105 Å². The maximum atomic E-state index is 12.2. The van der Waals surface area contributed by atoms with Crippen molar-refractivity contribution in [3.8, 4) is 0 Å². The van der Waals surface area contributed by atoms with Gasteiger partial charge in [0.05, 0.1) is 6.54 Å². The molecule has 1 aliphatic heterocycles. The number of fused-ring (bicyclic) bond motifs is 1. The summed E-state index contributed by atoms with van der Waals surface area (Å²) in [5.41, 5.74) is 6.41. The van der Waals surface area contributed by atoms with Crippen molar-refractivity contribution in [1.29, 1.82) is 0 Å². The van der Waals surface area contributed by atoms with Gasteiger partial charge in [-0.2, -0.15) is 8.42 Å². The molecule has 1 amide bonds. The molecule has 0 saturated heterocycles. The van der Waals surface area contributed by atoms with Crippen LogP contribution in [-0.4, -0.2) is 50.7 Å². The first-order valence-corrected chi connectivity index (χ1v) is 9.51. The predicted octanol–water partition coefficient (Wildman–Crippen LogP) is 0.875. The quantitative estimate of drug-likeness (QED) is 0.802. The van der Waals surface area contributed by atoms with E-state index in [1.807, 2.05) is 0 Å². The first-order chi connectivity index (χ1) is 11.4. The van der Waals surface area contributed by atoms with Crippen LogP contribution in [0, 0.1) is 0 Å². The van der Waals surface area contributed by atoms with Crippen LogP contribution in [0.25, 0.3) is 0 Å². The lowest BCUT2D eigenvalue weighted by molar-refractivity contribution is -0.122. The van der Waals surface area contributed by atoms with E-state index in [-0.39, 0.29) is 41.8 Å². The lowest BCUT2D eigenvalue weighted by Gasteiger charge is -2.27. The number of sulfonamides is 1. The Morgan fingerprint density at radius 1 is 1.28 bits per heavy atom. The molecule has 9 heteroatoms. The molecule has 1 fully saturated rings. The molecule has 0 spiro atoms. The van der Waals surface area contributed by atoms with E-state index in [1.165, 1.54) is 6.07 Å². The average molecular weight is 387 g/mol. The highest BCUT2D eigenvalue weighted by Crippen LogP contribution is 2.26. The van der Waals surface area contributed by atoms with Gasteiger partial charge in [-0.05, 0) is 37.8 Å². The molecule has 138 valence electrons. The minimum atomic E-state index is -3.67. The Bertz CT molecular complexity index is 773. The van der Waals surface area contributed by atoms with E-state index in [2.05, 4.69) is 9.71 Å². The summed E-state index contributed by atoms with van der Waals surface area (Å²) < 4.78 is 28.0. The van der Waals surface area contributed by atoms with Gasteiger partial charge in [0.25, 0.3) is 10.0 Å². The van der Waals surface area contributed by atoms with Gasteiger partial charge in [-0.3, -0.25) is 4.79 Å². The van der Waals surface area contributed by atoms with Gasteiger partial charge in [-0.25, -0.2) is 0 Å². The smallest absolute Gasteiger partial charge is 0.285 e. The maximum Gasteiger partial charge on any atom is 0.285 e. The number of halogens is 1. The summed E-state index contributed by atoms with van der Waals surface area (Å²) in [6, 6.07) is 7.03. The fourth-order valence-corrected chi connectivity index (χ4v) is 4.44. The monoisotopic (exact) mass is 386 g/mol. The van der Waals surface area contributed by atoms with Gasteiger partial charge >= 0.3 is 0 Å². The summed E-state index contributed by atoms with van der Waals surface area (Å²) in [7, 11) is -1.99. The fourth-order valence-electron chi connectivity index (χ4n) is 3.19. The highest BCUT2D eigenvalue weighted by atomic mass is 35.5. The van der Waals surface area contributed by atoms with E-state index in [1.54, 1.807) is 30.1 Å². The van der Waals surface area contributed by atoms with Crippen molar-refractivity contribution in [2.24, 2.45) is 10.1 Å². The number of amidine groups is 1. The Labute approximate surface area is 154 Å². The summed E-state index contributed by atoms with van der Waals surface area (Å²) in [5, 5.41) is 3.00. The highest BCUT2D eigenvalue weighted by Gasteiger charge is 2.31. The Kier molecular flexibility index (Phi) is 6.08. The predicted molar refractivity (Wildman–Crippen MR) is 98.4 cm³/mol. The summed E-state index contributed by atoms with van der Waals surface area (Å²) in [5.74, 6) is 0.175.